The van der Waals surface area contributed by atoms with Crippen molar-refractivity contribution in [3.05, 3.63) is 59.4 Å². The fourth-order valence-corrected chi connectivity index (χ4v) is 2.95. The van der Waals surface area contributed by atoms with Crippen molar-refractivity contribution < 1.29 is 13.6 Å². The summed E-state index contributed by atoms with van der Waals surface area (Å²) in [6, 6.07) is 12.3. The van der Waals surface area contributed by atoms with Gasteiger partial charge in [-0.15, -0.1) is 10.2 Å². The van der Waals surface area contributed by atoms with E-state index in [2.05, 4.69) is 15.5 Å². The molecule has 0 aliphatic rings. The third-order valence-corrected chi connectivity index (χ3v) is 4.69. The van der Waals surface area contributed by atoms with Crippen molar-refractivity contribution in [2.24, 2.45) is 0 Å². The van der Waals surface area contributed by atoms with E-state index in [4.69, 9.17) is 4.42 Å². The molecule has 0 spiro atoms. The molecular weight excluding hydrogens is 353 g/mol. The quantitative estimate of drug-likeness (QED) is 0.663. The molecule has 3 rings (SSSR count). The fourth-order valence-electron chi connectivity index (χ4n) is 2.27. The Morgan fingerprint density at radius 2 is 2.00 bits per heavy atom. The van der Waals surface area contributed by atoms with Gasteiger partial charge in [0.25, 0.3) is 5.22 Å². The van der Waals surface area contributed by atoms with Crippen molar-refractivity contribution in [2.75, 3.05) is 5.32 Å². The molecule has 1 atom stereocenters. The van der Waals surface area contributed by atoms with Gasteiger partial charge in [0.05, 0.1) is 5.25 Å². The minimum absolute atomic E-state index is 0.270. The molecule has 3 aromatic rings. The van der Waals surface area contributed by atoms with E-state index in [0.717, 1.165) is 22.9 Å². The molecular formula is C19H18FN3O2S. The van der Waals surface area contributed by atoms with E-state index in [1.807, 2.05) is 31.2 Å². The van der Waals surface area contributed by atoms with Gasteiger partial charge in [-0.2, -0.15) is 0 Å². The highest BCUT2D eigenvalue weighted by atomic mass is 32.2. The first-order valence-corrected chi connectivity index (χ1v) is 8.94. The third kappa shape index (κ3) is 4.29. The van der Waals surface area contributed by atoms with Crippen LogP contribution in [0.25, 0.3) is 11.5 Å². The van der Waals surface area contributed by atoms with Crippen LogP contribution in [0.15, 0.2) is 52.1 Å². The molecule has 1 heterocycles. The molecule has 0 bridgehead atoms. The molecule has 1 N–H and O–H groups in total. The predicted molar refractivity (Wildman–Crippen MR) is 99.6 cm³/mol. The zero-order valence-electron chi connectivity index (χ0n) is 14.6. The number of hydrogen-bond donors (Lipinski definition) is 1. The number of halogens is 1. The zero-order chi connectivity index (χ0) is 18.7. The van der Waals surface area contributed by atoms with Gasteiger partial charge in [0.2, 0.25) is 11.8 Å². The van der Waals surface area contributed by atoms with Gasteiger partial charge in [-0.3, -0.25) is 4.79 Å². The summed E-state index contributed by atoms with van der Waals surface area (Å²) in [5.74, 6) is -0.222. The van der Waals surface area contributed by atoms with E-state index in [1.54, 1.807) is 26.0 Å². The summed E-state index contributed by atoms with van der Waals surface area (Å²) in [5.41, 5.74) is 2.86. The van der Waals surface area contributed by atoms with Crippen LogP contribution in [-0.2, 0) is 4.79 Å². The Labute approximate surface area is 155 Å². The Bertz CT molecular complexity index is 942. The van der Waals surface area contributed by atoms with Gasteiger partial charge in [0.1, 0.15) is 5.82 Å². The number of aryl methyl sites for hydroxylation is 2. The maximum absolute atomic E-state index is 13.6. The third-order valence-electron chi connectivity index (χ3n) is 3.76. The number of anilines is 1. The van der Waals surface area contributed by atoms with Crippen LogP contribution in [0.2, 0.25) is 0 Å². The predicted octanol–water partition coefficient (Wildman–Crippen LogP) is 4.61. The SMILES string of the molecule is Cc1cccc(-c2nnc(S[C@H](C)C(=O)Nc3ccc(C)c(F)c3)o2)c1. The highest BCUT2D eigenvalue weighted by Gasteiger charge is 2.19. The Morgan fingerprint density at radius 1 is 1.19 bits per heavy atom. The average Bonchev–Trinajstić information content (AvgIpc) is 3.06. The van der Waals surface area contributed by atoms with Gasteiger partial charge >= 0.3 is 0 Å². The molecule has 7 heteroatoms. The highest BCUT2D eigenvalue weighted by Crippen LogP contribution is 2.27. The first-order chi connectivity index (χ1) is 12.4. The normalized spacial score (nSPS) is 12.0. The molecule has 0 saturated carbocycles. The summed E-state index contributed by atoms with van der Waals surface area (Å²) >= 11 is 1.15. The number of aromatic nitrogens is 2. The van der Waals surface area contributed by atoms with Crippen molar-refractivity contribution in [3.63, 3.8) is 0 Å². The van der Waals surface area contributed by atoms with Gasteiger partial charge in [-0.05, 0) is 50.6 Å². The molecule has 0 aliphatic carbocycles. The molecule has 0 fully saturated rings. The smallest absolute Gasteiger partial charge is 0.277 e. The number of carbonyl (C=O) groups excluding carboxylic acids is 1. The lowest BCUT2D eigenvalue weighted by Crippen LogP contribution is -2.22. The van der Waals surface area contributed by atoms with Gasteiger partial charge in [0, 0.05) is 11.3 Å². The van der Waals surface area contributed by atoms with Crippen molar-refractivity contribution in [1.29, 1.82) is 0 Å². The lowest BCUT2D eigenvalue weighted by atomic mass is 10.1. The summed E-state index contributed by atoms with van der Waals surface area (Å²) in [5, 5.41) is 10.5. The molecule has 0 unspecified atom stereocenters. The Balaban J connectivity index is 1.65. The Morgan fingerprint density at radius 3 is 2.73 bits per heavy atom. The molecule has 134 valence electrons. The van der Waals surface area contributed by atoms with E-state index < -0.39 is 5.25 Å². The average molecular weight is 371 g/mol. The van der Waals surface area contributed by atoms with E-state index in [-0.39, 0.29) is 11.7 Å². The van der Waals surface area contributed by atoms with E-state index >= 15 is 0 Å². The molecule has 5 nitrogen and oxygen atoms in total. The molecule has 2 aromatic carbocycles. The van der Waals surface area contributed by atoms with E-state index in [0.29, 0.717) is 22.4 Å². The summed E-state index contributed by atoms with van der Waals surface area (Å²) in [6.45, 7) is 5.37. The van der Waals surface area contributed by atoms with Crippen LogP contribution in [0.3, 0.4) is 0 Å². The van der Waals surface area contributed by atoms with Crippen LogP contribution in [-0.4, -0.2) is 21.4 Å². The second-order valence-electron chi connectivity index (χ2n) is 5.96. The second kappa shape index (κ2) is 7.70. The van der Waals surface area contributed by atoms with Crippen LogP contribution in [0.5, 0.6) is 0 Å². The Kier molecular flexibility index (Phi) is 5.37. The molecule has 26 heavy (non-hydrogen) atoms. The monoisotopic (exact) mass is 371 g/mol. The molecule has 1 aromatic heterocycles. The first kappa shape index (κ1) is 18.1. The van der Waals surface area contributed by atoms with Crippen LogP contribution in [0, 0.1) is 19.7 Å². The number of thioether (sulfide) groups is 1. The topological polar surface area (TPSA) is 68.0 Å². The first-order valence-electron chi connectivity index (χ1n) is 8.06. The number of nitrogens with zero attached hydrogens (tertiary/aromatic N) is 2. The van der Waals surface area contributed by atoms with Crippen molar-refractivity contribution in [1.82, 2.24) is 10.2 Å². The number of carbonyl (C=O) groups is 1. The number of hydrogen-bond acceptors (Lipinski definition) is 5. The maximum Gasteiger partial charge on any atom is 0.277 e. The number of nitrogens with one attached hydrogen (secondary N) is 1. The summed E-state index contributed by atoms with van der Waals surface area (Å²) in [7, 11) is 0. The van der Waals surface area contributed by atoms with Crippen LogP contribution >= 0.6 is 11.8 Å². The van der Waals surface area contributed by atoms with Crippen molar-refractivity contribution in [3.8, 4) is 11.5 Å². The van der Waals surface area contributed by atoms with Crippen molar-refractivity contribution >= 4 is 23.4 Å². The lowest BCUT2D eigenvalue weighted by Gasteiger charge is -2.10. The zero-order valence-corrected chi connectivity index (χ0v) is 15.4. The van der Waals surface area contributed by atoms with Crippen LogP contribution in [0.4, 0.5) is 10.1 Å². The van der Waals surface area contributed by atoms with Gasteiger partial charge in [-0.1, -0.05) is 35.5 Å². The summed E-state index contributed by atoms with van der Waals surface area (Å²) in [6.07, 6.45) is 0. The lowest BCUT2D eigenvalue weighted by molar-refractivity contribution is -0.115. The number of rotatable bonds is 5. The second-order valence-corrected chi connectivity index (χ2v) is 7.25. The van der Waals surface area contributed by atoms with Crippen molar-refractivity contribution in [2.45, 2.75) is 31.2 Å². The maximum atomic E-state index is 13.6. The summed E-state index contributed by atoms with van der Waals surface area (Å²) in [4.78, 5) is 12.3. The van der Waals surface area contributed by atoms with Gasteiger partial charge in [0.15, 0.2) is 0 Å². The number of amides is 1. The standard InChI is InChI=1S/C19H18FN3O2S/c1-11-5-4-6-14(9-11)18-22-23-19(25-18)26-13(3)17(24)21-15-8-7-12(2)16(20)10-15/h4-10,13H,1-3H3,(H,21,24)/t13-/m1/s1. The molecule has 1 amide bonds. The largest absolute Gasteiger partial charge is 0.411 e. The molecule has 0 aliphatic heterocycles. The molecule has 0 radical (unpaired) electrons. The minimum Gasteiger partial charge on any atom is -0.411 e. The minimum atomic E-state index is -0.481. The van der Waals surface area contributed by atoms with E-state index in [9.17, 15) is 9.18 Å². The Hall–Kier alpha value is -2.67. The van der Waals surface area contributed by atoms with E-state index in [1.165, 1.54) is 6.07 Å². The fraction of sp³-hybridized carbons (Fsp3) is 0.211. The van der Waals surface area contributed by atoms with Crippen LogP contribution < -0.4 is 5.32 Å². The summed E-state index contributed by atoms with van der Waals surface area (Å²) < 4.78 is 19.2. The molecule has 0 saturated heterocycles. The number of benzene rings is 2. The highest BCUT2D eigenvalue weighted by molar-refractivity contribution is 8.00. The van der Waals surface area contributed by atoms with Crippen LogP contribution in [0.1, 0.15) is 18.1 Å². The van der Waals surface area contributed by atoms with Gasteiger partial charge in [-0.25, -0.2) is 4.39 Å². The van der Waals surface area contributed by atoms with Gasteiger partial charge < -0.3 is 9.73 Å².